The quantitative estimate of drug-likeness (QED) is 0.710. The third kappa shape index (κ3) is 2.19. The predicted octanol–water partition coefficient (Wildman–Crippen LogP) is 1.98. The minimum Gasteiger partial charge on any atom is -0.321 e. The van der Waals surface area contributed by atoms with Gasteiger partial charge in [-0.05, 0) is 17.4 Å². The Labute approximate surface area is 68.1 Å². The molecule has 10 heavy (non-hydrogen) atoms. The van der Waals surface area contributed by atoms with Gasteiger partial charge in [-0.1, -0.05) is 12.1 Å². The first kappa shape index (κ1) is 7.88. The molecular formula is C5H7ClN2OS. The fourth-order valence-electron chi connectivity index (χ4n) is 0.485. The van der Waals surface area contributed by atoms with Gasteiger partial charge in [-0.2, -0.15) is 16.7 Å². The van der Waals surface area contributed by atoms with Crippen LogP contribution in [0.15, 0.2) is 4.52 Å². The zero-order valence-corrected chi connectivity index (χ0v) is 7.08. The molecule has 56 valence electrons. The maximum absolute atomic E-state index is 5.39. The van der Waals surface area contributed by atoms with Crippen molar-refractivity contribution < 1.29 is 4.52 Å². The lowest BCUT2D eigenvalue weighted by molar-refractivity contribution is 0.414. The van der Waals surface area contributed by atoms with Gasteiger partial charge in [0.05, 0.1) is 5.75 Å². The van der Waals surface area contributed by atoms with Gasteiger partial charge in [-0.25, -0.2) is 0 Å². The lowest BCUT2D eigenvalue weighted by atomic mass is 10.7. The summed E-state index contributed by atoms with van der Waals surface area (Å²) in [6.45, 7) is 2.08. The fourth-order valence-corrected chi connectivity index (χ4v) is 1.12. The van der Waals surface area contributed by atoms with Gasteiger partial charge in [-0.3, -0.25) is 0 Å². The van der Waals surface area contributed by atoms with Gasteiger partial charge < -0.3 is 4.52 Å². The van der Waals surface area contributed by atoms with E-state index < -0.39 is 0 Å². The van der Waals surface area contributed by atoms with Crippen molar-refractivity contribution in [2.75, 3.05) is 5.75 Å². The standard InChI is InChI=1S/C5H7ClN2OS/c1-2-10-3-4-7-5(6)9-8-4/h2-3H2,1H3. The Morgan fingerprint density at radius 2 is 2.50 bits per heavy atom. The normalized spacial score (nSPS) is 10.2. The molecule has 0 fully saturated rings. The number of aromatic nitrogens is 2. The highest BCUT2D eigenvalue weighted by atomic mass is 35.5. The molecule has 0 unspecified atom stereocenters. The van der Waals surface area contributed by atoms with Crippen LogP contribution in [0.25, 0.3) is 0 Å². The van der Waals surface area contributed by atoms with Crippen molar-refractivity contribution in [2.45, 2.75) is 12.7 Å². The Hall–Kier alpha value is -0.220. The Bertz CT molecular complexity index is 203. The summed E-state index contributed by atoms with van der Waals surface area (Å²) in [4.78, 5) is 3.82. The average molecular weight is 179 g/mol. The molecule has 0 aliphatic heterocycles. The largest absolute Gasteiger partial charge is 0.321 e. The fraction of sp³-hybridized carbons (Fsp3) is 0.600. The first-order valence-electron chi connectivity index (χ1n) is 2.88. The molecule has 0 amide bonds. The highest BCUT2D eigenvalue weighted by Gasteiger charge is 2.01. The smallest absolute Gasteiger partial charge is 0.320 e. The molecule has 0 aliphatic rings. The zero-order valence-electron chi connectivity index (χ0n) is 5.50. The van der Waals surface area contributed by atoms with E-state index >= 15 is 0 Å². The molecule has 0 aliphatic carbocycles. The third-order valence-electron chi connectivity index (χ3n) is 0.879. The van der Waals surface area contributed by atoms with Crippen LogP contribution in [0.1, 0.15) is 12.7 Å². The summed E-state index contributed by atoms with van der Waals surface area (Å²) < 4.78 is 4.55. The second kappa shape index (κ2) is 3.83. The first-order chi connectivity index (χ1) is 4.83. The minimum absolute atomic E-state index is 0.117. The van der Waals surface area contributed by atoms with Crippen LogP contribution >= 0.6 is 23.4 Å². The highest BCUT2D eigenvalue weighted by Crippen LogP contribution is 2.10. The monoisotopic (exact) mass is 178 g/mol. The van der Waals surface area contributed by atoms with Gasteiger partial charge in [-0.15, -0.1) is 0 Å². The Kier molecular flexibility index (Phi) is 3.02. The summed E-state index contributed by atoms with van der Waals surface area (Å²) in [5.74, 6) is 2.48. The summed E-state index contributed by atoms with van der Waals surface area (Å²) in [6.07, 6.45) is 0. The maximum atomic E-state index is 5.39. The Balaban J connectivity index is 2.42. The van der Waals surface area contributed by atoms with Gasteiger partial charge >= 0.3 is 5.35 Å². The molecule has 1 aromatic rings. The van der Waals surface area contributed by atoms with Crippen LogP contribution < -0.4 is 0 Å². The van der Waals surface area contributed by atoms with Crippen molar-refractivity contribution in [3.8, 4) is 0 Å². The van der Waals surface area contributed by atoms with Crippen LogP contribution in [-0.2, 0) is 5.75 Å². The van der Waals surface area contributed by atoms with E-state index in [1.165, 1.54) is 0 Å². The molecule has 0 saturated heterocycles. The van der Waals surface area contributed by atoms with E-state index in [9.17, 15) is 0 Å². The molecule has 0 aromatic carbocycles. The van der Waals surface area contributed by atoms with Crippen LogP contribution in [0.4, 0.5) is 0 Å². The molecule has 0 bridgehead atoms. The molecule has 0 atom stereocenters. The molecule has 0 N–H and O–H groups in total. The van der Waals surface area contributed by atoms with E-state index in [0.29, 0.717) is 5.82 Å². The van der Waals surface area contributed by atoms with Crippen molar-refractivity contribution in [3.05, 3.63) is 11.2 Å². The van der Waals surface area contributed by atoms with Crippen LogP contribution in [0.5, 0.6) is 0 Å². The summed E-state index contributed by atoms with van der Waals surface area (Å²) in [5.41, 5.74) is 0. The molecule has 0 radical (unpaired) electrons. The van der Waals surface area contributed by atoms with Gasteiger partial charge in [0, 0.05) is 0 Å². The predicted molar refractivity (Wildman–Crippen MR) is 41.1 cm³/mol. The van der Waals surface area contributed by atoms with Crippen molar-refractivity contribution in [1.82, 2.24) is 10.1 Å². The van der Waals surface area contributed by atoms with E-state index in [-0.39, 0.29) is 5.35 Å². The topological polar surface area (TPSA) is 38.9 Å². The number of halogens is 1. The van der Waals surface area contributed by atoms with Crippen LogP contribution in [0, 0.1) is 0 Å². The van der Waals surface area contributed by atoms with E-state index in [1.54, 1.807) is 11.8 Å². The summed E-state index contributed by atoms with van der Waals surface area (Å²) >= 11 is 7.12. The molecular weight excluding hydrogens is 172 g/mol. The number of rotatable bonds is 3. The van der Waals surface area contributed by atoms with Crippen molar-refractivity contribution >= 4 is 23.4 Å². The van der Waals surface area contributed by atoms with Crippen molar-refractivity contribution in [2.24, 2.45) is 0 Å². The average Bonchev–Trinajstić information content (AvgIpc) is 2.31. The van der Waals surface area contributed by atoms with E-state index in [1.807, 2.05) is 0 Å². The van der Waals surface area contributed by atoms with Crippen LogP contribution in [0.2, 0.25) is 5.35 Å². The molecule has 1 heterocycles. The first-order valence-corrected chi connectivity index (χ1v) is 4.42. The summed E-state index contributed by atoms with van der Waals surface area (Å²) in [6, 6.07) is 0. The molecule has 3 nitrogen and oxygen atoms in total. The van der Waals surface area contributed by atoms with Crippen molar-refractivity contribution in [3.63, 3.8) is 0 Å². The second-order valence-electron chi connectivity index (χ2n) is 1.60. The minimum atomic E-state index is 0.117. The zero-order chi connectivity index (χ0) is 7.40. The number of nitrogens with zero attached hydrogens (tertiary/aromatic N) is 2. The van der Waals surface area contributed by atoms with E-state index in [2.05, 4.69) is 21.6 Å². The van der Waals surface area contributed by atoms with Gasteiger partial charge in [0.2, 0.25) is 0 Å². The van der Waals surface area contributed by atoms with Crippen LogP contribution in [0.3, 0.4) is 0 Å². The SMILES string of the molecule is CCSCc1noc(Cl)n1. The Morgan fingerprint density at radius 3 is 3.00 bits per heavy atom. The third-order valence-corrected chi connectivity index (χ3v) is 1.90. The molecule has 5 heteroatoms. The lowest BCUT2D eigenvalue weighted by Gasteiger charge is -1.87. The maximum Gasteiger partial charge on any atom is 0.320 e. The molecule has 0 spiro atoms. The number of hydrogen-bond donors (Lipinski definition) is 0. The number of hydrogen-bond acceptors (Lipinski definition) is 4. The van der Waals surface area contributed by atoms with Gasteiger partial charge in [0.1, 0.15) is 0 Å². The summed E-state index contributed by atoms with van der Waals surface area (Å²) in [7, 11) is 0. The number of thioether (sulfide) groups is 1. The highest BCUT2D eigenvalue weighted by molar-refractivity contribution is 7.98. The van der Waals surface area contributed by atoms with Crippen molar-refractivity contribution in [1.29, 1.82) is 0 Å². The lowest BCUT2D eigenvalue weighted by Crippen LogP contribution is -1.82. The molecule has 0 saturated carbocycles. The Morgan fingerprint density at radius 1 is 1.70 bits per heavy atom. The van der Waals surface area contributed by atoms with Gasteiger partial charge in [0.25, 0.3) is 0 Å². The van der Waals surface area contributed by atoms with Gasteiger partial charge in [0.15, 0.2) is 5.82 Å². The molecule has 1 aromatic heterocycles. The second-order valence-corrected chi connectivity index (χ2v) is 3.20. The van der Waals surface area contributed by atoms with Crippen LogP contribution in [-0.4, -0.2) is 15.9 Å². The van der Waals surface area contributed by atoms with E-state index in [0.717, 1.165) is 11.5 Å². The van der Waals surface area contributed by atoms with E-state index in [4.69, 9.17) is 11.6 Å². The summed E-state index contributed by atoms with van der Waals surface area (Å²) in [5, 5.41) is 3.73. The molecule has 1 rings (SSSR count).